The molecule has 34 heavy (non-hydrogen) atoms. The fourth-order valence-electron chi connectivity index (χ4n) is 3.87. The molecule has 2 N–H and O–H groups in total. The molecule has 0 fully saturated rings. The van der Waals surface area contributed by atoms with E-state index in [4.69, 9.17) is 9.97 Å². The Morgan fingerprint density at radius 3 is 2.44 bits per heavy atom. The van der Waals surface area contributed by atoms with E-state index in [-0.39, 0.29) is 24.4 Å². The zero-order valence-electron chi connectivity index (χ0n) is 19.1. The van der Waals surface area contributed by atoms with Gasteiger partial charge in [0.15, 0.2) is 0 Å². The number of nitrogens with zero attached hydrogens (tertiary/aromatic N) is 4. The fraction of sp³-hybridized carbons (Fsp3) is 0.259. The van der Waals surface area contributed by atoms with Crippen molar-refractivity contribution in [2.45, 2.75) is 38.1 Å². The van der Waals surface area contributed by atoms with Gasteiger partial charge in [0.25, 0.3) is 0 Å². The van der Waals surface area contributed by atoms with Crippen LogP contribution in [0.1, 0.15) is 41.2 Å². The number of aromatic nitrogens is 4. The second kappa shape index (κ2) is 11.4. The lowest BCUT2D eigenvalue weighted by molar-refractivity contribution is 0.273. The van der Waals surface area contributed by atoms with Crippen LogP contribution in [0.2, 0.25) is 0 Å². The number of hydrogen-bond donors (Lipinski definition) is 2. The quantitative estimate of drug-likeness (QED) is 0.368. The van der Waals surface area contributed by atoms with Crippen LogP contribution < -0.4 is 5.32 Å². The monoisotopic (exact) mass is 457 g/mol. The first-order valence-corrected chi connectivity index (χ1v) is 11.4. The van der Waals surface area contributed by atoms with Crippen LogP contribution in [-0.4, -0.2) is 37.7 Å². The molecule has 0 spiro atoms. The van der Waals surface area contributed by atoms with E-state index < -0.39 is 0 Å². The molecule has 0 bridgehead atoms. The van der Waals surface area contributed by atoms with Crippen LogP contribution in [0.25, 0.3) is 0 Å². The Hall–Kier alpha value is -3.71. The maximum absolute atomic E-state index is 13.3. The molecule has 6 nitrogen and oxygen atoms in total. The van der Waals surface area contributed by atoms with Gasteiger partial charge in [-0.1, -0.05) is 49.4 Å². The topological polar surface area (TPSA) is 83.8 Å². The Bertz CT molecular complexity index is 1170. The van der Waals surface area contributed by atoms with Gasteiger partial charge in [-0.3, -0.25) is 9.97 Å². The third-order valence-electron chi connectivity index (χ3n) is 5.63. The van der Waals surface area contributed by atoms with E-state index >= 15 is 0 Å². The first-order valence-electron chi connectivity index (χ1n) is 11.4. The highest BCUT2D eigenvalue weighted by Gasteiger charge is 2.15. The highest BCUT2D eigenvalue weighted by molar-refractivity contribution is 5.39. The van der Waals surface area contributed by atoms with Gasteiger partial charge < -0.3 is 10.4 Å². The normalized spacial score (nSPS) is 12.8. The molecule has 0 amide bonds. The molecule has 0 aliphatic heterocycles. The number of aliphatic hydroxyl groups excluding tert-OH is 1. The maximum atomic E-state index is 13.3. The molecule has 0 aliphatic carbocycles. The third-order valence-corrected chi connectivity index (χ3v) is 5.63. The second-order valence-corrected chi connectivity index (χ2v) is 8.40. The number of hydrogen-bond acceptors (Lipinski definition) is 6. The summed E-state index contributed by atoms with van der Waals surface area (Å²) in [5, 5.41) is 13.4. The van der Waals surface area contributed by atoms with Crippen molar-refractivity contribution in [3.05, 3.63) is 113 Å². The zero-order valence-corrected chi connectivity index (χ0v) is 19.1. The summed E-state index contributed by atoms with van der Waals surface area (Å²) in [6.45, 7) is 2.05. The summed E-state index contributed by atoms with van der Waals surface area (Å²) in [4.78, 5) is 18.0. The maximum Gasteiger partial charge on any atom is 0.131 e. The number of nitrogens with one attached hydrogen (secondary N) is 1. The Labute approximate surface area is 199 Å². The van der Waals surface area contributed by atoms with Crippen LogP contribution in [0.5, 0.6) is 0 Å². The van der Waals surface area contributed by atoms with Crippen LogP contribution in [-0.2, 0) is 19.3 Å². The lowest BCUT2D eigenvalue weighted by Crippen LogP contribution is -2.27. The van der Waals surface area contributed by atoms with Gasteiger partial charge in [-0.25, -0.2) is 14.4 Å². The summed E-state index contributed by atoms with van der Waals surface area (Å²) in [5.41, 5.74) is 3.78. The largest absolute Gasteiger partial charge is 0.394 e. The third kappa shape index (κ3) is 6.65. The summed E-state index contributed by atoms with van der Waals surface area (Å²) in [5.74, 6) is 1.19. The summed E-state index contributed by atoms with van der Waals surface area (Å²) < 4.78 is 13.3. The molecule has 7 heteroatoms. The smallest absolute Gasteiger partial charge is 0.131 e. The predicted octanol–water partition coefficient (Wildman–Crippen LogP) is 4.36. The number of rotatable bonds is 10. The average Bonchev–Trinajstić information content (AvgIpc) is 2.85. The lowest BCUT2D eigenvalue weighted by Gasteiger charge is -2.19. The van der Waals surface area contributed by atoms with E-state index in [1.807, 2.05) is 36.4 Å². The number of halogens is 1. The zero-order chi connectivity index (χ0) is 23.8. The van der Waals surface area contributed by atoms with Crippen LogP contribution in [0.15, 0.2) is 79.3 Å². The Kier molecular flexibility index (Phi) is 7.88. The lowest BCUT2D eigenvalue weighted by atomic mass is 9.97. The number of benzene rings is 2. The minimum absolute atomic E-state index is 0.0281. The molecular weight excluding hydrogens is 429 g/mol. The van der Waals surface area contributed by atoms with Crippen molar-refractivity contribution < 1.29 is 9.50 Å². The van der Waals surface area contributed by atoms with Crippen molar-refractivity contribution in [3.8, 4) is 0 Å². The highest BCUT2D eigenvalue weighted by Crippen LogP contribution is 2.21. The SMILES string of the molecule is C[C@H](Cc1nc(Cc2cnccn2)cc(N[C@H](CO)Cc2ccccc2)n1)c1ccc(F)cc1. The number of anilines is 1. The van der Waals surface area contributed by atoms with Gasteiger partial charge in [-0.15, -0.1) is 0 Å². The summed E-state index contributed by atoms with van der Waals surface area (Å²) in [6, 6.07) is 18.3. The van der Waals surface area contributed by atoms with Gasteiger partial charge >= 0.3 is 0 Å². The minimum atomic E-state index is -0.252. The highest BCUT2D eigenvalue weighted by atomic mass is 19.1. The van der Waals surface area contributed by atoms with Crippen LogP contribution in [0.3, 0.4) is 0 Å². The minimum Gasteiger partial charge on any atom is -0.394 e. The van der Waals surface area contributed by atoms with Crippen molar-refractivity contribution in [1.82, 2.24) is 19.9 Å². The molecule has 0 unspecified atom stereocenters. The molecule has 0 saturated carbocycles. The van der Waals surface area contributed by atoms with Gasteiger partial charge in [0.05, 0.1) is 24.0 Å². The molecule has 4 rings (SSSR count). The molecule has 4 aromatic rings. The molecule has 0 saturated heterocycles. The fourth-order valence-corrected chi connectivity index (χ4v) is 3.87. The van der Waals surface area contributed by atoms with Crippen molar-refractivity contribution in [2.75, 3.05) is 11.9 Å². The standard InChI is InChI=1S/C27H28FN5O/c1-19(21-7-9-22(28)10-8-21)13-26-31-23(15-24-17-29-11-12-30-24)16-27(33-26)32-25(18-34)14-20-5-3-2-4-6-20/h2-12,16-17,19,25,34H,13-15,18H2,1H3,(H,31,32,33)/t19-,25+/m1/s1. The van der Waals surface area contributed by atoms with E-state index in [1.165, 1.54) is 12.1 Å². The van der Waals surface area contributed by atoms with E-state index in [0.717, 1.165) is 22.5 Å². The van der Waals surface area contributed by atoms with E-state index in [0.29, 0.717) is 30.9 Å². The molecule has 0 aliphatic rings. The first kappa shape index (κ1) is 23.4. The Morgan fingerprint density at radius 1 is 0.941 bits per heavy atom. The predicted molar refractivity (Wildman–Crippen MR) is 130 cm³/mol. The average molecular weight is 458 g/mol. The molecule has 2 aromatic heterocycles. The second-order valence-electron chi connectivity index (χ2n) is 8.40. The summed E-state index contributed by atoms with van der Waals surface area (Å²) in [6.07, 6.45) is 6.81. The summed E-state index contributed by atoms with van der Waals surface area (Å²) in [7, 11) is 0. The van der Waals surface area contributed by atoms with Crippen molar-refractivity contribution in [1.29, 1.82) is 0 Å². The molecule has 2 aromatic carbocycles. The molecular formula is C27H28FN5O. The molecule has 174 valence electrons. The van der Waals surface area contributed by atoms with Crippen LogP contribution >= 0.6 is 0 Å². The Balaban J connectivity index is 1.57. The van der Waals surface area contributed by atoms with Crippen LogP contribution in [0, 0.1) is 5.82 Å². The van der Waals surface area contributed by atoms with Gasteiger partial charge in [0.1, 0.15) is 17.5 Å². The van der Waals surface area contributed by atoms with Gasteiger partial charge in [0, 0.05) is 37.5 Å². The van der Waals surface area contributed by atoms with E-state index in [1.54, 1.807) is 30.7 Å². The summed E-state index contributed by atoms with van der Waals surface area (Å²) >= 11 is 0. The van der Waals surface area contributed by atoms with Gasteiger partial charge in [-0.2, -0.15) is 0 Å². The van der Waals surface area contributed by atoms with Crippen LogP contribution in [0.4, 0.5) is 10.2 Å². The first-order chi connectivity index (χ1) is 16.6. The number of aliphatic hydroxyl groups is 1. The van der Waals surface area contributed by atoms with Gasteiger partial charge in [-0.05, 0) is 35.6 Å². The van der Waals surface area contributed by atoms with Crippen molar-refractivity contribution in [2.24, 2.45) is 0 Å². The van der Waals surface area contributed by atoms with Crippen molar-refractivity contribution >= 4 is 5.82 Å². The molecule has 2 atom stereocenters. The van der Waals surface area contributed by atoms with E-state index in [2.05, 4.69) is 22.2 Å². The molecule has 2 heterocycles. The molecule has 0 radical (unpaired) electrons. The van der Waals surface area contributed by atoms with Crippen molar-refractivity contribution in [3.63, 3.8) is 0 Å². The van der Waals surface area contributed by atoms with Gasteiger partial charge in [0.2, 0.25) is 0 Å². The Morgan fingerprint density at radius 2 is 1.74 bits per heavy atom. The van der Waals surface area contributed by atoms with E-state index in [9.17, 15) is 9.50 Å².